The molecule has 0 aromatic heterocycles. The molecule has 0 unspecified atom stereocenters. The molecule has 88 valence electrons. The fraction of sp³-hybridized carbons (Fsp3) is 0.364. The summed E-state index contributed by atoms with van der Waals surface area (Å²) >= 11 is 0. The minimum atomic E-state index is -0.443. The van der Waals surface area contributed by atoms with Crippen molar-refractivity contribution in [2.75, 3.05) is 26.2 Å². The molecule has 0 bridgehead atoms. The number of carbonyl (C=O) groups excluding carboxylic acids is 1. The highest BCUT2D eigenvalue weighted by molar-refractivity contribution is 5.94. The lowest BCUT2D eigenvalue weighted by molar-refractivity contribution is 0.0731. The first kappa shape index (κ1) is 12.9. The molecule has 1 aromatic carbocycles. The summed E-state index contributed by atoms with van der Waals surface area (Å²) < 4.78 is 13.3. The molecule has 1 fully saturated rings. The quantitative estimate of drug-likeness (QED) is 0.808. The van der Waals surface area contributed by atoms with E-state index in [9.17, 15) is 9.18 Å². The van der Waals surface area contributed by atoms with Gasteiger partial charge in [-0.2, -0.15) is 0 Å². The van der Waals surface area contributed by atoms with E-state index in [0.717, 1.165) is 13.1 Å². The number of carbonyl (C=O) groups is 1. The van der Waals surface area contributed by atoms with Crippen molar-refractivity contribution in [2.45, 2.75) is 0 Å². The van der Waals surface area contributed by atoms with E-state index in [-0.39, 0.29) is 23.9 Å². The van der Waals surface area contributed by atoms with Crippen LogP contribution in [0, 0.1) is 5.82 Å². The van der Waals surface area contributed by atoms with Crippen molar-refractivity contribution in [2.24, 2.45) is 0 Å². The van der Waals surface area contributed by atoms with Gasteiger partial charge in [-0.1, -0.05) is 12.1 Å². The molecule has 1 saturated heterocycles. The number of hydrogen-bond donors (Lipinski definition) is 1. The van der Waals surface area contributed by atoms with Gasteiger partial charge in [0.15, 0.2) is 0 Å². The Morgan fingerprint density at radius 2 is 1.88 bits per heavy atom. The van der Waals surface area contributed by atoms with E-state index in [0.29, 0.717) is 13.1 Å². The van der Waals surface area contributed by atoms with E-state index in [1.165, 1.54) is 12.1 Å². The molecule has 1 aliphatic rings. The Morgan fingerprint density at radius 1 is 1.25 bits per heavy atom. The molecule has 2 rings (SSSR count). The van der Waals surface area contributed by atoms with E-state index in [2.05, 4.69) is 5.32 Å². The third-order valence-corrected chi connectivity index (χ3v) is 2.51. The highest BCUT2D eigenvalue weighted by Crippen LogP contribution is 2.10. The van der Waals surface area contributed by atoms with Gasteiger partial charge in [0, 0.05) is 26.2 Å². The minimum absolute atomic E-state index is 0. The molecule has 0 spiro atoms. The van der Waals surface area contributed by atoms with Crippen LogP contribution >= 0.6 is 12.4 Å². The molecule has 5 heteroatoms. The third kappa shape index (κ3) is 2.71. The molecular formula is C11H14ClFN2O. The number of halogens is 2. The van der Waals surface area contributed by atoms with Crippen LogP contribution in [0.2, 0.25) is 0 Å². The smallest absolute Gasteiger partial charge is 0.256 e. The molecule has 1 amide bonds. The van der Waals surface area contributed by atoms with Crippen LogP contribution in [-0.4, -0.2) is 37.0 Å². The molecule has 1 aliphatic heterocycles. The number of amides is 1. The van der Waals surface area contributed by atoms with Gasteiger partial charge in [-0.3, -0.25) is 4.79 Å². The second-order valence-corrected chi connectivity index (χ2v) is 3.52. The zero-order chi connectivity index (χ0) is 10.7. The molecular weight excluding hydrogens is 231 g/mol. The van der Waals surface area contributed by atoms with Gasteiger partial charge in [0.1, 0.15) is 5.82 Å². The van der Waals surface area contributed by atoms with Gasteiger partial charge in [-0.15, -0.1) is 12.4 Å². The molecule has 1 N–H and O–H groups in total. The predicted molar refractivity (Wildman–Crippen MR) is 62.4 cm³/mol. The molecule has 1 heterocycles. The second kappa shape index (κ2) is 5.82. The van der Waals surface area contributed by atoms with E-state index >= 15 is 0 Å². The van der Waals surface area contributed by atoms with Crippen LogP contribution in [0.5, 0.6) is 0 Å². The lowest BCUT2D eigenvalue weighted by Crippen LogP contribution is -2.46. The Hall–Kier alpha value is -1.13. The van der Waals surface area contributed by atoms with Crippen molar-refractivity contribution in [1.82, 2.24) is 10.2 Å². The first-order valence-corrected chi connectivity index (χ1v) is 5.03. The number of hydrogen-bond acceptors (Lipinski definition) is 2. The fourth-order valence-electron chi connectivity index (χ4n) is 1.67. The van der Waals surface area contributed by atoms with Crippen molar-refractivity contribution in [1.29, 1.82) is 0 Å². The molecule has 0 saturated carbocycles. The maximum atomic E-state index is 13.3. The van der Waals surface area contributed by atoms with Crippen molar-refractivity contribution in [3.63, 3.8) is 0 Å². The molecule has 0 radical (unpaired) electrons. The first-order chi connectivity index (χ1) is 7.29. The Bertz CT molecular complexity index is 367. The molecule has 1 aromatic rings. The van der Waals surface area contributed by atoms with Crippen molar-refractivity contribution in [3.05, 3.63) is 35.6 Å². The number of nitrogens with one attached hydrogen (secondary N) is 1. The van der Waals surface area contributed by atoms with Gasteiger partial charge < -0.3 is 10.2 Å². The monoisotopic (exact) mass is 244 g/mol. The zero-order valence-electron chi connectivity index (χ0n) is 8.78. The molecule has 0 atom stereocenters. The number of benzene rings is 1. The summed E-state index contributed by atoms with van der Waals surface area (Å²) in [5, 5.41) is 3.15. The van der Waals surface area contributed by atoms with Crippen molar-refractivity contribution in [3.8, 4) is 0 Å². The Morgan fingerprint density at radius 3 is 2.50 bits per heavy atom. The maximum Gasteiger partial charge on any atom is 0.256 e. The normalized spacial score (nSPS) is 15.4. The highest BCUT2D eigenvalue weighted by atomic mass is 35.5. The average Bonchev–Trinajstić information content (AvgIpc) is 2.30. The van der Waals surface area contributed by atoms with E-state index in [1.54, 1.807) is 17.0 Å². The van der Waals surface area contributed by atoms with E-state index < -0.39 is 5.82 Å². The summed E-state index contributed by atoms with van der Waals surface area (Å²) in [6, 6.07) is 6.11. The van der Waals surface area contributed by atoms with Crippen LogP contribution in [0.15, 0.2) is 24.3 Å². The van der Waals surface area contributed by atoms with E-state index in [1.807, 2.05) is 0 Å². The predicted octanol–water partition coefficient (Wildman–Crippen LogP) is 1.29. The summed E-state index contributed by atoms with van der Waals surface area (Å²) in [7, 11) is 0. The van der Waals surface area contributed by atoms with Gasteiger partial charge in [-0.05, 0) is 12.1 Å². The summed E-state index contributed by atoms with van der Waals surface area (Å²) in [6.45, 7) is 2.85. The zero-order valence-corrected chi connectivity index (χ0v) is 9.60. The molecule has 16 heavy (non-hydrogen) atoms. The van der Waals surface area contributed by atoms with Gasteiger partial charge in [0.05, 0.1) is 5.56 Å². The van der Waals surface area contributed by atoms with Crippen LogP contribution in [0.25, 0.3) is 0 Å². The fourth-order valence-corrected chi connectivity index (χ4v) is 1.67. The molecule has 0 aliphatic carbocycles. The van der Waals surface area contributed by atoms with Crippen LogP contribution in [0.1, 0.15) is 10.4 Å². The Labute approximate surface area is 100 Å². The largest absolute Gasteiger partial charge is 0.336 e. The number of piperazine rings is 1. The van der Waals surface area contributed by atoms with E-state index in [4.69, 9.17) is 0 Å². The van der Waals surface area contributed by atoms with Crippen LogP contribution < -0.4 is 5.32 Å². The average molecular weight is 245 g/mol. The lowest BCUT2D eigenvalue weighted by atomic mass is 10.1. The SMILES string of the molecule is Cl.O=C(c1ccccc1F)N1CCNCC1. The lowest BCUT2D eigenvalue weighted by Gasteiger charge is -2.27. The minimum Gasteiger partial charge on any atom is -0.336 e. The maximum absolute atomic E-state index is 13.3. The van der Waals surface area contributed by atoms with Crippen LogP contribution in [0.3, 0.4) is 0 Å². The number of nitrogens with zero attached hydrogens (tertiary/aromatic N) is 1. The van der Waals surface area contributed by atoms with Gasteiger partial charge >= 0.3 is 0 Å². The van der Waals surface area contributed by atoms with Gasteiger partial charge in [-0.25, -0.2) is 4.39 Å². The second-order valence-electron chi connectivity index (χ2n) is 3.52. The van der Waals surface area contributed by atoms with Gasteiger partial charge in [0.25, 0.3) is 5.91 Å². The number of rotatable bonds is 1. The topological polar surface area (TPSA) is 32.3 Å². The third-order valence-electron chi connectivity index (χ3n) is 2.51. The van der Waals surface area contributed by atoms with Gasteiger partial charge in [0.2, 0.25) is 0 Å². The summed E-state index contributed by atoms with van der Waals surface area (Å²) in [4.78, 5) is 13.6. The highest BCUT2D eigenvalue weighted by Gasteiger charge is 2.19. The summed E-state index contributed by atoms with van der Waals surface area (Å²) in [5.41, 5.74) is 0.166. The first-order valence-electron chi connectivity index (χ1n) is 5.03. The Kier molecular flexibility index (Phi) is 4.71. The van der Waals surface area contributed by atoms with Crippen molar-refractivity contribution >= 4 is 18.3 Å². The standard InChI is InChI=1S/C11H13FN2O.ClH/c12-10-4-2-1-3-9(10)11(15)14-7-5-13-6-8-14;/h1-4,13H,5-8H2;1H. The Balaban J connectivity index is 0.00000128. The summed E-state index contributed by atoms with van der Waals surface area (Å²) in [6.07, 6.45) is 0. The summed E-state index contributed by atoms with van der Waals surface area (Å²) in [5.74, 6) is -0.657. The van der Waals surface area contributed by atoms with Crippen LogP contribution in [-0.2, 0) is 0 Å². The van der Waals surface area contributed by atoms with Crippen molar-refractivity contribution < 1.29 is 9.18 Å². The molecule has 3 nitrogen and oxygen atoms in total. The van der Waals surface area contributed by atoms with Crippen LogP contribution in [0.4, 0.5) is 4.39 Å².